The molecule has 1 saturated heterocycles. The Hall–Kier alpha value is -1.82. The zero-order chi connectivity index (χ0) is 15.7. The van der Waals surface area contributed by atoms with Crippen LogP contribution in [0.4, 0.5) is 13.2 Å². The highest BCUT2D eigenvalue weighted by Gasteiger charge is 2.25. The summed E-state index contributed by atoms with van der Waals surface area (Å²) in [6, 6.07) is 1.80. The Labute approximate surface area is 127 Å². The smallest absolute Gasteiger partial charge is 0.166 e. The van der Waals surface area contributed by atoms with Crippen LogP contribution in [0, 0.1) is 24.4 Å². The van der Waals surface area contributed by atoms with Crippen LogP contribution in [0.5, 0.6) is 0 Å². The van der Waals surface area contributed by atoms with Gasteiger partial charge in [0.2, 0.25) is 0 Å². The molecular weight excluding hydrogens is 291 g/mol. The Balaban J connectivity index is 1.76. The van der Waals surface area contributed by atoms with Crippen molar-refractivity contribution < 1.29 is 13.2 Å². The summed E-state index contributed by atoms with van der Waals surface area (Å²) in [7, 11) is 0. The molecule has 0 spiro atoms. The highest BCUT2D eigenvalue weighted by Crippen LogP contribution is 2.29. The largest absolute Gasteiger partial charge is 0.298 e. The van der Waals surface area contributed by atoms with Gasteiger partial charge in [0.1, 0.15) is 5.82 Å². The fourth-order valence-corrected chi connectivity index (χ4v) is 3.14. The van der Waals surface area contributed by atoms with E-state index in [2.05, 4.69) is 10.2 Å². The van der Waals surface area contributed by atoms with Crippen molar-refractivity contribution in [1.29, 1.82) is 0 Å². The Morgan fingerprint density at radius 3 is 2.77 bits per heavy atom. The molecule has 3 rings (SSSR count). The van der Waals surface area contributed by atoms with E-state index in [-0.39, 0.29) is 18.0 Å². The number of nitrogens with one attached hydrogen (secondary N) is 1. The summed E-state index contributed by atoms with van der Waals surface area (Å²) >= 11 is 0. The number of rotatable bonds is 3. The first-order valence-corrected chi connectivity index (χ1v) is 7.41. The lowest BCUT2D eigenvalue weighted by atomic mass is 9.92. The number of piperidine rings is 1. The second-order valence-electron chi connectivity index (χ2n) is 5.86. The van der Waals surface area contributed by atoms with E-state index in [1.807, 2.05) is 11.8 Å². The van der Waals surface area contributed by atoms with Crippen LogP contribution >= 0.6 is 0 Å². The number of hydrogen-bond acceptors (Lipinski definition) is 2. The SMILES string of the molecule is Cc1cn[nH]c1C1CCCN(Cc2c(F)ccc(F)c2F)C1. The fraction of sp³-hybridized carbons (Fsp3) is 0.438. The van der Waals surface area contributed by atoms with E-state index in [1.54, 1.807) is 6.20 Å². The Kier molecular flexibility index (Phi) is 4.20. The van der Waals surface area contributed by atoms with Gasteiger partial charge in [-0.3, -0.25) is 10.00 Å². The van der Waals surface area contributed by atoms with E-state index in [0.717, 1.165) is 42.8 Å². The Morgan fingerprint density at radius 2 is 2.05 bits per heavy atom. The van der Waals surface area contributed by atoms with Crippen molar-refractivity contribution in [3.05, 3.63) is 52.6 Å². The molecule has 1 fully saturated rings. The normalized spacial score (nSPS) is 19.5. The maximum Gasteiger partial charge on any atom is 0.166 e. The van der Waals surface area contributed by atoms with Crippen LogP contribution < -0.4 is 0 Å². The molecule has 2 heterocycles. The predicted molar refractivity (Wildman–Crippen MR) is 76.9 cm³/mol. The first kappa shape index (κ1) is 15.1. The van der Waals surface area contributed by atoms with Crippen molar-refractivity contribution in [1.82, 2.24) is 15.1 Å². The van der Waals surface area contributed by atoms with E-state index in [1.165, 1.54) is 0 Å². The summed E-state index contributed by atoms with van der Waals surface area (Å²) in [6.45, 7) is 3.50. The van der Waals surface area contributed by atoms with Crippen LogP contribution in [0.25, 0.3) is 0 Å². The van der Waals surface area contributed by atoms with Crippen molar-refractivity contribution >= 4 is 0 Å². The first-order chi connectivity index (χ1) is 10.6. The number of benzene rings is 1. The van der Waals surface area contributed by atoms with Crippen LogP contribution in [0.1, 0.15) is 35.6 Å². The molecule has 1 unspecified atom stereocenters. The van der Waals surface area contributed by atoms with Crippen LogP contribution in [0.15, 0.2) is 18.3 Å². The fourth-order valence-electron chi connectivity index (χ4n) is 3.14. The molecule has 0 amide bonds. The van der Waals surface area contributed by atoms with Gasteiger partial charge in [0.25, 0.3) is 0 Å². The Morgan fingerprint density at radius 1 is 1.27 bits per heavy atom. The number of hydrogen-bond donors (Lipinski definition) is 1. The van der Waals surface area contributed by atoms with Gasteiger partial charge in [0.05, 0.1) is 6.20 Å². The van der Waals surface area contributed by atoms with Gasteiger partial charge in [0, 0.05) is 30.3 Å². The molecule has 6 heteroatoms. The molecule has 1 N–H and O–H groups in total. The minimum Gasteiger partial charge on any atom is -0.298 e. The molecule has 118 valence electrons. The zero-order valence-electron chi connectivity index (χ0n) is 12.4. The minimum atomic E-state index is -1.08. The molecule has 0 saturated carbocycles. The summed E-state index contributed by atoms with van der Waals surface area (Å²) < 4.78 is 40.9. The predicted octanol–water partition coefficient (Wildman–Crippen LogP) is 3.52. The molecule has 0 bridgehead atoms. The van der Waals surface area contributed by atoms with Gasteiger partial charge in [-0.25, -0.2) is 13.2 Å². The molecule has 22 heavy (non-hydrogen) atoms. The van der Waals surface area contributed by atoms with Crippen LogP contribution in [-0.2, 0) is 6.54 Å². The van der Waals surface area contributed by atoms with Gasteiger partial charge < -0.3 is 0 Å². The third kappa shape index (κ3) is 2.88. The molecule has 1 atom stereocenters. The maximum absolute atomic E-state index is 13.8. The van der Waals surface area contributed by atoms with Crippen LogP contribution in [-0.4, -0.2) is 28.2 Å². The number of H-pyrrole nitrogens is 1. The number of aromatic amines is 1. The standard InChI is InChI=1S/C16H18F3N3/c1-10-7-20-21-16(10)11-3-2-6-22(8-11)9-12-13(17)4-5-14(18)15(12)19/h4-5,7,11H,2-3,6,8-9H2,1H3,(H,20,21). The van der Waals surface area contributed by atoms with Gasteiger partial charge >= 0.3 is 0 Å². The third-order valence-electron chi connectivity index (χ3n) is 4.30. The van der Waals surface area contributed by atoms with Gasteiger partial charge in [-0.05, 0) is 44.0 Å². The minimum absolute atomic E-state index is 0.0825. The molecule has 1 aromatic carbocycles. The number of halogens is 3. The molecule has 1 aliphatic heterocycles. The number of nitrogens with zero attached hydrogens (tertiary/aromatic N) is 2. The number of aryl methyl sites for hydroxylation is 1. The number of aromatic nitrogens is 2. The maximum atomic E-state index is 13.8. The van der Waals surface area contributed by atoms with Gasteiger partial charge in [-0.1, -0.05) is 0 Å². The molecular formula is C16H18F3N3. The van der Waals surface area contributed by atoms with Crippen molar-refractivity contribution in [2.75, 3.05) is 13.1 Å². The molecule has 1 aromatic heterocycles. The van der Waals surface area contributed by atoms with E-state index in [0.29, 0.717) is 6.54 Å². The van der Waals surface area contributed by atoms with Gasteiger partial charge in [0.15, 0.2) is 11.6 Å². The molecule has 0 aliphatic carbocycles. The van der Waals surface area contributed by atoms with Crippen molar-refractivity contribution in [2.24, 2.45) is 0 Å². The average molecular weight is 309 g/mol. The third-order valence-corrected chi connectivity index (χ3v) is 4.30. The monoisotopic (exact) mass is 309 g/mol. The molecule has 2 aromatic rings. The first-order valence-electron chi connectivity index (χ1n) is 7.41. The van der Waals surface area contributed by atoms with Crippen molar-refractivity contribution in [3.8, 4) is 0 Å². The van der Waals surface area contributed by atoms with E-state index < -0.39 is 17.5 Å². The van der Waals surface area contributed by atoms with E-state index >= 15 is 0 Å². The Bertz CT molecular complexity index is 669. The van der Waals surface area contributed by atoms with Crippen LogP contribution in [0.3, 0.4) is 0 Å². The molecule has 0 radical (unpaired) electrons. The number of likely N-dealkylation sites (tertiary alicyclic amines) is 1. The van der Waals surface area contributed by atoms with E-state index in [4.69, 9.17) is 0 Å². The average Bonchev–Trinajstić information content (AvgIpc) is 2.94. The van der Waals surface area contributed by atoms with Crippen LogP contribution in [0.2, 0.25) is 0 Å². The zero-order valence-corrected chi connectivity index (χ0v) is 12.4. The lowest BCUT2D eigenvalue weighted by molar-refractivity contribution is 0.193. The quantitative estimate of drug-likeness (QED) is 0.880. The lowest BCUT2D eigenvalue weighted by Crippen LogP contribution is -2.34. The summed E-state index contributed by atoms with van der Waals surface area (Å²) in [5, 5.41) is 7.04. The lowest BCUT2D eigenvalue weighted by Gasteiger charge is -2.32. The highest BCUT2D eigenvalue weighted by molar-refractivity contribution is 5.22. The highest BCUT2D eigenvalue weighted by atomic mass is 19.2. The van der Waals surface area contributed by atoms with Gasteiger partial charge in [-0.2, -0.15) is 5.10 Å². The molecule has 3 nitrogen and oxygen atoms in total. The topological polar surface area (TPSA) is 31.9 Å². The van der Waals surface area contributed by atoms with Crippen molar-refractivity contribution in [3.63, 3.8) is 0 Å². The second-order valence-corrected chi connectivity index (χ2v) is 5.86. The van der Waals surface area contributed by atoms with Gasteiger partial charge in [-0.15, -0.1) is 0 Å². The second kappa shape index (κ2) is 6.12. The summed E-state index contributed by atoms with van der Waals surface area (Å²) in [6.07, 6.45) is 3.72. The summed E-state index contributed by atoms with van der Waals surface area (Å²) in [5.41, 5.74) is 1.97. The summed E-state index contributed by atoms with van der Waals surface area (Å²) in [4.78, 5) is 1.97. The summed E-state index contributed by atoms with van der Waals surface area (Å²) in [5.74, 6) is -2.52. The van der Waals surface area contributed by atoms with Crippen molar-refractivity contribution in [2.45, 2.75) is 32.2 Å². The van der Waals surface area contributed by atoms with E-state index in [9.17, 15) is 13.2 Å². The molecule has 1 aliphatic rings.